The molecular formula is C10H12F3NO2. The molecule has 16 heavy (non-hydrogen) atoms. The van der Waals surface area contributed by atoms with Gasteiger partial charge in [0.15, 0.2) is 0 Å². The first-order valence-corrected chi connectivity index (χ1v) is 4.53. The summed E-state index contributed by atoms with van der Waals surface area (Å²) in [6.45, 7) is 1.32. The summed E-state index contributed by atoms with van der Waals surface area (Å²) in [5.41, 5.74) is 4.21. The van der Waals surface area contributed by atoms with Crippen LogP contribution in [0.1, 0.15) is 12.5 Å². The van der Waals surface area contributed by atoms with Crippen LogP contribution in [0.3, 0.4) is 0 Å². The Morgan fingerprint density at radius 1 is 1.38 bits per heavy atom. The number of benzene rings is 1. The third-order valence-electron chi connectivity index (χ3n) is 2.09. The Bertz CT molecular complexity index is 363. The van der Waals surface area contributed by atoms with Crippen LogP contribution in [0.2, 0.25) is 0 Å². The number of nitrogens with two attached hydrogens (primary N) is 1. The van der Waals surface area contributed by atoms with Crippen LogP contribution in [-0.2, 0) is 5.60 Å². The Labute approximate surface area is 90.6 Å². The van der Waals surface area contributed by atoms with Crippen molar-refractivity contribution < 1.29 is 23.0 Å². The first-order chi connectivity index (χ1) is 7.24. The monoisotopic (exact) mass is 235 g/mol. The highest BCUT2D eigenvalue weighted by molar-refractivity contribution is 5.32. The van der Waals surface area contributed by atoms with Gasteiger partial charge in [0.2, 0.25) is 0 Å². The summed E-state index contributed by atoms with van der Waals surface area (Å²) in [6, 6.07) is 5.11. The second-order valence-electron chi connectivity index (χ2n) is 3.55. The number of aliphatic hydroxyl groups is 1. The van der Waals surface area contributed by atoms with Gasteiger partial charge in [0.1, 0.15) is 5.75 Å². The molecule has 1 atom stereocenters. The molecule has 0 aliphatic heterocycles. The summed E-state index contributed by atoms with van der Waals surface area (Å²) in [4.78, 5) is 0. The highest BCUT2D eigenvalue weighted by Gasteiger charge is 2.31. The molecular weight excluding hydrogens is 223 g/mol. The maximum atomic E-state index is 11.9. The lowest BCUT2D eigenvalue weighted by Gasteiger charge is -2.22. The van der Waals surface area contributed by atoms with Crippen LogP contribution < -0.4 is 10.5 Å². The average Bonchev–Trinajstić information content (AvgIpc) is 2.15. The Morgan fingerprint density at radius 3 is 2.50 bits per heavy atom. The van der Waals surface area contributed by atoms with Crippen molar-refractivity contribution in [3.05, 3.63) is 29.8 Å². The molecule has 0 spiro atoms. The molecule has 0 heterocycles. The van der Waals surface area contributed by atoms with E-state index in [-0.39, 0.29) is 17.9 Å². The van der Waals surface area contributed by atoms with Gasteiger partial charge in [-0.2, -0.15) is 0 Å². The van der Waals surface area contributed by atoms with E-state index in [1.165, 1.54) is 19.1 Å². The van der Waals surface area contributed by atoms with Gasteiger partial charge in [0.05, 0.1) is 5.60 Å². The molecule has 0 saturated heterocycles. The molecule has 0 saturated carbocycles. The number of rotatable bonds is 3. The summed E-state index contributed by atoms with van der Waals surface area (Å²) in [6.07, 6.45) is -4.74. The Morgan fingerprint density at radius 2 is 2.00 bits per heavy atom. The summed E-state index contributed by atoms with van der Waals surface area (Å²) < 4.78 is 39.6. The molecule has 1 aromatic carbocycles. The Balaban J connectivity index is 2.96. The lowest BCUT2D eigenvalue weighted by Crippen LogP contribution is -2.31. The molecule has 0 bridgehead atoms. The minimum atomic E-state index is -4.74. The maximum absolute atomic E-state index is 11.9. The lowest BCUT2D eigenvalue weighted by atomic mass is 9.96. The highest BCUT2D eigenvalue weighted by Crippen LogP contribution is 2.27. The largest absolute Gasteiger partial charge is 0.573 e. The zero-order valence-corrected chi connectivity index (χ0v) is 8.58. The highest BCUT2D eigenvalue weighted by atomic mass is 19.4. The molecule has 1 unspecified atom stereocenters. The van der Waals surface area contributed by atoms with Crippen LogP contribution in [-0.4, -0.2) is 18.0 Å². The number of hydrogen-bond acceptors (Lipinski definition) is 3. The van der Waals surface area contributed by atoms with Crippen molar-refractivity contribution >= 4 is 0 Å². The number of ether oxygens (including phenoxy) is 1. The first-order valence-electron chi connectivity index (χ1n) is 4.53. The summed E-state index contributed by atoms with van der Waals surface area (Å²) in [5.74, 6) is -0.376. The number of alkyl halides is 3. The average molecular weight is 235 g/mol. The Kier molecular flexibility index (Phi) is 3.44. The zero-order valence-electron chi connectivity index (χ0n) is 8.58. The van der Waals surface area contributed by atoms with E-state index in [1.54, 1.807) is 0 Å². The van der Waals surface area contributed by atoms with E-state index in [9.17, 15) is 18.3 Å². The molecule has 3 N–H and O–H groups in total. The third kappa shape index (κ3) is 3.39. The quantitative estimate of drug-likeness (QED) is 0.839. The van der Waals surface area contributed by atoms with Crippen LogP contribution in [0, 0.1) is 0 Å². The van der Waals surface area contributed by atoms with E-state index in [0.717, 1.165) is 12.1 Å². The maximum Gasteiger partial charge on any atom is 0.573 e. The van der Waals surface area contributed by atoms with E-state index in [4.69, 9.17) is 5.73 Å². The van der Waals surface area contributed by atoms with Crippen LogP contribution >= 0.6 is 0 Å². The Hall–Kier alpha value is -1.27. The van der Waals surface area contributed by atoms with Crippen molar-refractivity contribution in [1.29, 1.82) is 0 Å². The zero-order chi connectivity index (χ0) is 12.4. The lowest BCUT2D eigenvalue weighted by molar-refractivity contribution is -0.274. The van der Waals surface area contributed by atoms with Gasteiger partial charge in [-0.1, -0.05) is 12.1 Å². The molecule has 0 aliphatic carbocycles. The van der Waals surface area contributed by atoms with E-state index in [1.807, 2.05) is 0 Å². The van der Waals surface area contributed by atoms with E-state index < -0.39 is 12.0 Å². The molecule has 0 amide bonds. The molecule has 0 aliphatic rings. The van der Waals surface area contributed by atoms with Gasteiger partial charge >= 0.3 is 6.36 Å². The minimum absolute atomic E-state index is 0.0948. The standard InChI is InChI=1S/C10H12F3NO2/c1-9(15,6-14)7-3-2-4-8(5-7)16-10(11,12)13/h2-5,15H,6,14H2,1H3. The van der Waals surface area contributed by atoms with E-state index in [2.05, 4.69) is 4.74 Å². The van der Waals surface area contributed by atoms with Gasteiger partial charge in [-0.15, -0.1) is 13.2 Å². The van der Waals surface area contributed by atoms with Gasteiger partial charge in [-0.25, -0.2) is 0 Å². The van der Waals surface area contributed by atoms with Gasteiger partial charge in [0.25, 0.3) is 0 Å². The van der Waals surface area contributed by atoms with Crippen LogP contribution in [0.25, 0.3) is 0 Å². The molecule has 1 rings (SSSR count). The fraction of sp³-hybridized carbons (Fsp3) is 0.400. The number of halogens is 3. The van der Waals surface area contributed by atoms with Crippen molar-refractivity contribution in [3.63, 3.8) is 0 Å². The second kappa shape index (κ2) is 4.31. The summed E-state index contributed by atoms with van der Waals surface area (Å²) in [5, 5.41) is 9.76. The predicted octanol–water partition coefficient (Wildman–Crippen LogP) is 1.75. The van der Waals surface area contributed by atoms with Crippen molar-refractivity contribution in [2.75, 3.05) is 6.54 Å². The van der Waals surface area contributed by atoms with Gasteiger partial charge in [0, 0.05) is 6.54 Å². The topological polar surface area (TPSA) is 55.5 Å². The molecule has 3 nitrogen and oxygen atoms in total. The molecule has 6 heteroatoms. The third-order valence-corrected chi connectivity index (χ3v) is 2.09. The normalized spacial score (nSPS) is 15.6. The van der Waals surface area contributed by atoms with E-state index >= 15 is 0 Å². The van der Waals surface area contributed by atoms with Gasteiger partial charge in [-0.05, 0) is 24.6 Å². The fourth-order valence-electron chi connectivity index (χ4n) is 1.15. The summed E-state index contributed by atoms with van der Waals surface area (Å²) in [7, 11) is 0. The SMILES string of the molecule is CC(O)(CN)c1cccc(OC(F)(F)F)c1. The molecule has 0 aromatic heterocycles. The van der Waals surface area contributed by atoms with Crippen molar-refractivity contribution in [2.45, 2.75) is 18.9 Å². The molecule has 0 radical (unpaired) electrons. The fourth-order valence-corrected chi connectivity index (χ4v) is 1.15. The predicted molar refractivity (Wildman–Crippen MR) is 51.8 cm³/mol. The molecule has 1 aromatic rings. The van der Waals surface area contributed by atoms with Gasteiger partial charge < -0.3 is 15.6 Å². The number of hydrogen-bond donors (Lipinski definition) is 2. The van der Waals surface area contributed by atoms with E-state index in [0.29, 0.717) is 0 Å². The molecule has 90 valence electrons. The van der Waals surface area contributed by atoms with Crippen LogP contribution in [0.15, 0.2) is 24.3 Å². The van der Waals surface area contributed by atoms with Crippen molar-refractivity contribution in [3.8, 4) is 5.75 Å². The van der Waals surface area contributed by atoms with Crippen molar-refractivity contribution in [1.82, 2.24) is 0 Å². The van der Waals surface area contributed by atoms with Crippen LogP contribution in [0.4, 0.5) is 13.2 Å². The molecule has 0 fully saturated rings. The first kappa shape index (κ1) is 12.8. The van der Waals surface area contributed by atoms with Gasteiger partial charge in [-0.3, -0.25) is 0 Å². The van der Waals surface area contributed by atoms with Crippen molar-refractivity contribution in [2.24, 2.45) is 5.73 Å². The summed E-state index contributed by atoms with van der Waals surface area (Å²) >= 11 is 0. The van der Waals surface area contributed by atoms with Crippen LogP contribution in [0.5, 0.6) is 5.75 Å². The smallest absolute Gasteiger partial charge is 0.406 e. The minimum Gasteiger partial charge on any atom is -0.406 e. The second-order valence-corrected chi connectivity index (χ2v) is 3.55.